The van der Waals surface area contributed by atoms with Crippen LogP contribution in [0.2, 0.25) is 0 Å². The Hall–Kier alpha value is -4.56. The van der Waals surface area contributed by atoms with Gasteiger partial charge in [-0.1, -0.05) is 122 Å². The Bertz CT molecular complexity index is 1810. The van der Waals surface area contributed by atoms with Gasteiger partial charge >= 0.3 is 0 Å². The van der Waals surface area contributed by atoms with E-state index in [9.17, 15) is 0 Å². The van der Waals surface area contributed by atoms with Crippen molar-refractivity contribution in [3.8, 4) is 0 Å². The van der Waals surface area contributed by atoms with E-state index in [1.165, 1.54) is 88.4 Å². The van der Waals surface area contributed by atoms with Crippen molar-refractivity contribution in [2.45, 2.75) is 84.1 Å². The van der Waals surface area contributed by atoms with E-state index in [4.69, 9.17) is 0 Å². The third kappa shape index (κ3) is 6.59. The van der Waals surface area contributed by atoms with Crippen LogP contribution in [-0.2, 0) is 5.41 Å². The molecule has 0 bridgehead atoms. The fraction of sp³-hybridized carbons (Fsp3) is 0.304. The number of benzene rings is 4. The molecule has 0 N–H and O–H groups in total. The maximum absolute atomic E-state index is 2.51. The summed E-state index contributed by atoms with van der Waals surface area (Å²) in [5.41, 5.74) is 13.0. The minimum Gasteiger partial charge on any atom is -0.334 e. The van der Waals surface area contributed by atoms with Gasteiger partial charge in [0.2, 0.25) is 0 Å². The van der Waals surface area contributed by atoms with Crippen LogP contribution >= 0.6 is 0 Å². The van der Waals surface area contributed by atoms with Gasteiger partial charge in [0.05, 0.1) is 6.04 Å². The van der Waals surface area contributed by atoms with Gasteiger partial charge in [0.1, 0.15) is 0 Å². The Labute approximate surface area is 288 Å². The lowest BCUT2D eigenvalue weighted by atomic mass is 9.65. The molecule has 0 aromatic heterocycles. The van der Waals surface area contributed by atoms with Crippen molar-refractivity contribution in [2.24, 2.45) is 5.92 Å². The highest BCUT2D eigenvalue weighted by Gasteiger charge is 2.36. The number of allylic oxidation sites excluding steroid dienone is 5. The Morgan fingerprint density at radius 2 is 1.06 bits per heavy atom. The molecule has 0 amide bonds. The third-order valence-electron chi connectivity index (χ3n) is 10.8. The van der Waals surface area contributed by atoms with Crippen LogP contribution in [0.5, 0.6) is 0 Å². The van der Waals surface area contributed by atoms with Gasteiger partial charge in [-0.15, -0.1) is 0 Å². The minimum atomic E-state index is 0.0305. The van der Waals surface area contributed by atoms with Crippen molar-refractivity contribution in [1.82, 2.24) is 0 Å². The Morgan fingerprint density at radius 3 is 1.56 bits per heavy atom. The van der Waals surface area contributed by atoms with E-state index >= 15 is 0 Å². The predicted octanol–water partition coefficient (Wildman–Crippen LogP) is 12.6. The summed E-state index contributed by atoms with van der Waals surface area (Å²) in [6, 6.07) is 37.4. The normalized spacial score (nSPS) is 20.2. The van der Waals surface area contributed by atoms with Crippen LogP contribution in [-0.4, -0.2) is 6.04 Å². The van der Waals surface area contributed by atoms with Crippen molar-refractivity contribution in [3.63, 3.8) is 0 Å². The van der Waals surface area contributed by atoms with Crippen LogP contribution in [0.25, 0.3) is 0 Å². The fourth-order valence-corrected chi connectivity index (χ4v) is 7.94. The Morgan fingerprint density at radius 1 is 0.542 bits per heavy atom. The first-order valence-electron chi connectivity index (χ1n) is 18.1. The van der Waals surface area contributed by atoms with Crippen LogP contribution in [0.15, 0.2) is 145 Å². The topological polar surface area (TPSA) is 6.48 Å². The van der Waals surface area contributed by atoms with Crippen molar-refractivity contribution in [2.75, 3.05) is 9.80 Å². The smallest absolute Gasteiger partial charge is 0.0560 e. The van der Waals surface area contributed by atoms with Gasteiger partial charge in [-0.2, -0.15) is 0 Å². The largest absolute Gasteiger partial charge is 0.334 e. The lowest BCUT2D eigenvalue weighted by Gasteiger charge is -2.40. The Balaban J connectivity index is 1.22. The number of nitrogens with zero attached hydrogens (tertiary/aromatic N) is 2. The summed E-state index contributed by atoms with van der Waals surface area (Å²) in [5, 5.41) is 0. The van der Waals surface area contributed by atoms with E-state index in [1.807, 2.05) is 0 Å². The SMILES string of the molecule is CC1=CCC(N(c2ccc(C)cc2)c2ccc(C3(c4ccc(N(C5=CCC(C)C=C5)c5ccc(C)cc5)cc4)CCCCC3)cc2)C=C1. The summed E-state index contributed by atoms with van der Waals surface area (Å²) in [6.07, 6.45) is 22.4. The maximum Gasteiger partial charge on any atom is 0.0560 e. The first kappa shape index (κ1) is 32.0. The maximum atomic E-state index is 2.51. The van der Waals surface area contributed by atoms with Gasteiger partial charge in [0.15, 0.2) is 0 Å². The molecule has 3 aliphatic carbocycles. The molecule has 7 rings (SSSR count). The average molecular weight is 631 g/mol. The second kappa shape index (κ2) is 13.9. The number of hydrogen-bond acceptors (Lipinski definition) is 2. The molecule has 4 aromatic carbocycles. The highest BCUT2D eigenvalue weighted by Crippen LogP contribution is 2.46. The second-order valence-electron chi connectivity index (χ2n) is 14.4. The average Bonchev–Trinajstić information content (AvgIpc) is 3.13. The lowest BCUT2D eigenvalue weighted by Crippen LogP contribution is -2.32. The molecule has 0 heterocycles. The minimum absolute atomic E-state index is 0.0305. The van der Waals surface area contributed by atoms with Gasteiger partial charge in [0, 0.05) is 33.9 Å². The molecule has 2 heteroatoms. The molecule has 1 fully saturated rings. The summed E-state index contributed by atoms with van der Waals surface area (Å²) in [7, 11) is 0. The molecule has 3 aliphatic rings. The van der Waals surface area contributed by atoms with E-state index in [1.54, 1.807) is 0 Å². The molecule has 2 atom stereocenters. The zero-order valence-corrected chi connectivity index (χ0v) is 29.2. The summed E-state index contributed by atoms with van der Waals surface area (Å²) in [4.78, 5) is 4.93. The summed E-state index contributed by atoms with van der Waals surface area (Å²) < 4.78 is 0. The van der Waals surface area contributed by atoms with E-state index in [-0.39, 0.29) is 5.41 Å². The van der Waals surface area contributed by atoms with Crippen LogP contribution < -0.4 is 9.80 Å². The number of hydrogen-bond donors (Lipinski definition) is 0. The highest BCUT2D eigenvalue weighted by atomic mass is 15.2. The molecular formula is C46H50N2. The van der Waals surface area contributed by atoms with Crippen molar-refractivity contribution in [1.29, 1.82) is 0 Å². The van der Waals surface area contributed by atoms with Gasteiger partial charge in [-0.05, 0) is 118 Å². The van der Waals surface area contributed by atoms with Crippen LogP contribution in [0.3, 0.4) is 0 Å². The van der Waals surface area contributed by atoms with Crippen molar-refractivity contribution < 1.29 is 0 Å². The molecule has 48 heavy (non-hydrogen) atoms. The van der Waals surface area contributed by atoms with E-state index in [0.29, 0.717) is 12.0 Å². The molecule has 0 radical (unpaired) electrons. The van der Waals surface area contributed by atoms with E-state index in [2.05, 4.69) is 171 Å². The monoisotopic (exact) mass is 630 g/mol. The zero-order valence-electron chi connectivity index (χ0n) is 29.2. The highest BCUT2D eigenvalue weighted by molar-refractivity contribution is 5.71. The van der Waals surface area contributed by atoms with Crippen molar-refractivity contribution in [3.05, 3.63) is 167 Å². The van der Waals surface area contributed by atoms with Crippen LogP contribution in [0.4, 0.5) is 22.7 Å². The number of anilines is 4. The lowest BCUT2D eigenvalue weighted by molar-refractivity contribution is 0.346. The van der Waals surface area contributed by atoms with Crippen molar-refractivity contribution >= 4 is 22.7 Å². The van der Waals surface area contributed by atoms with Crippen LogP contribution in [0, 0.1) is 19.8 Å². The molecule has 0 saturated heterocycles. The summed E-state index contributed by atoms with van der Waals surface area (Å²) in [5.74, 6) is 0.581. The quantitative estimate of drug-likeness (QED) is 0.191. The second-order valence-corrected chi connectivity index (χ2v) is 14.4. The van der Waals surface area contributed by atoms with E-state index in [0.717, 1.165) is 12.8 Å². The fourth-order valence-electron chi connectivity index (χ4n) is 7.94. The summed E-state index contributed by atoms with van der Waals surface area (Å²) in [6.45, 7) is 8.80. The van der Waals surface area contributed by atoms with Gasteiger partial charge in [-0.3, -0.25) is 0 Å². The molecule has 4 aromatic rings. The zero-order chi connectivity index (χ0) is 33.1. The molecule has 0 aliphatic heterocycles. The molecule has 2 nitrogen and oxygen atoms in total. The van der Waals surface area contributed by atoms with E-state index < -0.39 is 0 Å². The van der Waals surface area contributed by atoms with Gasteiger partial charge < -0.3 is 9.80 Å². The third-order valence-corrected chi connectivity index (χ3v) is 10.8. The molecule has 244 valence electrons. The first-order valence-corrected chi connectivity index (χ1v) is 18.1. The predicted molar refractivity (Wildman–Crippen MR) is 206 cm³/mol. The molecule has 2 unspecified atom stereocenters. The number of aryl methyl sites for hydroxylation is 2. The Kier molecular flexibility index (Phi) is 9.26. The molecule has 0 spiro atoms. The molecule has 1 saturated carbocycles. The summed E-state index contributed by atoms with van der Waals surface area (Å²) >= 11 is 0. The standard InChI is InChI=1S/C46H50N2/c1-34-8-20-40(21-9-34)47(41-22-10-35(2)11-23-41)44-28-16-38(17-29-44)46(32-6-5-7-33-46)39-18-30-45(31-19-39)48(42-24-12-36(3)13-25-42)43-26-14-37(4)15-27-43/h8-14,16-22,24-31,37,41H,5-7,15,23,32-33H2,1-4H3. The molecular weight excluding hydrogens is 581 g/mol. The van der Waals surface area contributed by atoms with Gasteiger partial charge in [0.25, 0.3) is 0 Å². The van der Waals surface area contributed by atoms with Crippen LogP contribution in [0.1, 0.15) is 81.0 Å². The first-order chi connectivity index (χ1) is 23.4. The van der Waals surface area contributed by atoms with Gasteiger partial charge in [-0.25, -0.2) is 0 Å². The number of rotatable bonds is 8.